The molecule has 0 radical (unpaired) electrons. The number of carbonyl (C=O) groups is 1. The minimum absolute atomic E-state index is 0.162. The molecule has 3 heterocycles. The van der Waals surface area contributed by atoms with Gasteiger partial charge >= 0.3 is 0 Å². The molecule has 2 aromatic heterocycles. The molecule has 0 spiro atoms. The van der Waals surface area contributed by atoms with Gasteiger partial charge in [0.25, 0.3) is 11.5 Å². The molecule has 1 aromatic carbocycles. The largest absolute Gasteiger partial charge is 0.369 e. The number of thioether (sulfide) groups is 1. The summed E-state index contributed by atoms with van der Waals surface area (Å²) in [5.41, 5.74) is 1.86. The summed E-state index contributed by atoms with van der Waals surface area (Å²) in [6.07, 6.45) is 4.90. The van der Waals surface area contributed by atoms with Gasteiger partial charge < -0.3 is 5.32 Å². The predicted octanol–water partition coefficient (Wildman–Crippen LogP) is 3.96. The van der Waals surface area contributed by atoms with Gasteiger partial charge in [0.05, 0.1) is 10.5 Å². The van der Waals surface area contributed by atoms with Crippen molar-refractivity contribution in [1.82, 2.24) is 14.3 Å². The zero-order valence-corrected chi connectivity index (χ0v) is 18.7. The summed E-state index contributed by atoms with van der Waals surface area (Å²) in [4.78, 5) is 32.7. The molecule has 0 unspecified atom stereocenters. The van der Waals surface area contributed by atoms with Crippen LogP contribution in [0.2, 0.25) is 0 Å². The minimum atomic E-state index is -0.228. The van der Waals surface area contributed by atoms with Gasteiger partial charge in [-0.25, -0.2) is 4.98 Å². The van der Waals surface area contributed by atoms with E-state index < -0.39 is 0 Å². The lowest BCUT2D eigenvalue weighted by Crippen LogP contribution is -2.28. The first-order chi connectivity index (χ1) is 15.1. The van der Waals surface area contributed by atoms with Gasteiger partial charge in [-0.3, -0.25) is 18.9 Å². The first-order valence-electron chi connectivity index (χ1n) is 10.1. The molecule has 0 bridgehead atoms. The molecule has 0 aliphatic carbocycles. The maximum Gasteiger partial charge on any atom is 0.267 e. The van der Waals surface area contributed by atoms with Gasteiger partial charge in [-0.15, -0.1) is 0 Å². The lowest BCUT2D eigenvalue weighted by molar-refractivity contribution is -0.122. The van der Waals surface area contributed by atoms with E-state index >= 15 is 0 Å². The highest BCUT2D eigenvalue weighted by molar-refractivity contribution is 8.26. The number of nitrogens with zero attached hydrogens (tertiary/aromatic N) is 3. The Kier molecular flexibility index (Phi) is 6.48. The number of hydrogen-bond donors (Lipinski definition) is 1. The lowest BCUT2D eigenvalue weighted by Gasteiger charge is -2.12. The number of aromatic nitrogens is 2. The Balaban J connectivity index is 1.70. The van der Waals surface area contributed by atoms with E-state index in [0.717, 1.165) is 12.8 Å². The molecule has 1 aliphatic heterocycles. The van der Waals surface area contributed by atoms with Crippen molar-refractivity contribution in [2.45, 2.75) is 19.8 Å². The highest BCUT2D eigenvalue weighted by Gasteiger charge is 2.31. The molecule has 8 heteroatoms. The number of amides is 1. The maximum absolute atomic E-state index is 13.2. The summed E-state index contributed by atoms with van der Waals surface area (Å²) in [5, 5.41) is 3.30. The predicted molar refractivity (Wildman–Crippen MR) is 130 cm³/mol. The Morgan fingerprint density at radius 1 is 1.13 bits per heavy atom. The van der Waals surface area contributed by atoms with Crippen LogP contribution in [0.3, 0.4) is 0 Å². The van der Waals surface area contributed by atoms with Crippen LogP contribution in [-0.4, -0.2) is 37.6 Å². The van der Waals surface area contributed by atoms with Crippen LogP contribution in [0.1, 0.15) is 24.5 Å². The van der Waals surface area contributed by atoms with Crippen LogP contribution in [0, 0.1) is 0 Å². The molecule has 4 rings (SSSR count). The molecule has 0 atom stereocenters. The van der Waals surface area contributed by atoms with Crippen LogP contribution in [-0.2, 0) is 11.2 Å². The van der Waals surface area contributed by atoms with E-state index in [9.17, 15) is 9.59 Å². The average molecular weight is 451 g/mol. The second-order valence-corrected chi connectivity index (χ2v) is 8.78. The van der Waals surface area contributed by atoms with Crippen molar-refractivity contribution < 1.29 is 4.79 Å². The highest BCUT2D eigenvalue weighted by atomic mass is 32.2. The summed E-state index contributed by atoms with van der Waals surface area (Å²) < 4.78 is 2.01. The van der Waals surface area contributed by atoms with Gasteiger partial charge in [-0.1, -0.05) is 67.3 Å². The van der Waals surface area contributed by atoms with E-state index in [4.69, 9.17) is 12.2 Å². The Morgan fingerprint density at radius 2 is 1.90 bits per heavy atom. The zero-order chi connectivity index (χ0) is 21.8. The van der Waals surface area contributed by atoms with Gasteiger partial charge in [0.15, 0.2) is 0 Å². The van der Waals surface area contributed by atoms with E-state index in [-0.39, 0.29) is 11.5 Å². The van der Waals surface area contributed by atoms with Crippen LogP contribution in [0.4, 0.5) is 5.82 Å². The smallest absolute Gasteiger partial charge is 0.267 e. The third-order valence-corrected chi connectivity index (χ3v) is 6.29. The third-order valence-electron chi connectivity index (χ3n) is 4.91. The molecule has 6 nitrogen and oxygen atoms in total. The number of carbonyl (C=O) groups excluding carboxylic acids is 1. The molecular formula is C23H22N4O2S2. The van der Waals surface area contributed by atoms with Crippen LogP contribution in [0.15, 0.2) is 64.4 Å². The fourth-order valence-corrected chi connectivity index (χ4v) is 4.68. The fourth-order valence-electron chi connectivity index (χ4n) is 3.38. The molecule has 3 aromatic rings. The van der Waals surface area contributed by atoms with Crippen molar-refractivity contribution >= 4 is 51.7 Å². The number of rotatable bonds is 7. The number of nitrogens with one attached hydrogen (secondary N) is 1. The normalized spacial score (nSPS) is 15.3. The Labute approximate surface area is 190 Å². The molecule has 1 fully saturated rings. The molecule has 158 valence electrons. The molecule has 1 N–H and O–H groups in total. The Morgan fingerprint density at radius 3 is 2.68 bits per heavy atom. The molecule has 1 amide bonds. The quantitative estimate of drug-likeness (QED) is 0.434. The number of fused-ring (bicyclic) bond motifs is 1. The van der Waals surface area contributed by atoms with Gasteiger partial charge in [0.2, 0.25) is 0 Å². The summed E-state index contributed by atoms with van der Waals surface area (Å²) in [6, 6.07) is 15.5. The molecular weight excluding hydrogens is 428 g/mol. The van der Waals surface area contributed by atoms with Crippen molar-refractivity contribution in [1.29, 1.82) is 0 Å². The van der Waals surface area contributed by atoms with Crippen LogP contribution in [0.25, 0.3) is 11.7 Å². The average Bonchev–Trinajstić information content (AvgIpc) is 3.05. The van der Waals surface area contributed by atoms with Gasteiger partial charge in [-0.2, -0.15) is 0 Å². The van der Waals surface area contributed by atoms with E-state index in [1.54, 1.807) is 29.3 Å². The monoisotopic (exact) mass is 450 g/mol. The van der Waals surface area contributed by atoms with E-state index in [1.165, 1.54) is 21.7 Å². The number of thiocarbonyl (C=S) groups is 1. The van der Waals surface area contributed by atoms with Gasteiger partial charge in [0.1, 0.15) is 15.8 Å². The molecule has 31 heavy (non-hydrogen) atoms. The second kappa shape index (κ2) is 9.45. The van der Waals surface area contributed by atoms with Gasteiger partial charge in [-0.05, 0) is 36.6 Å². The number of benzene rings is 1. The van der Waals surface area contributed by atoms with Crippen molar-refractivity contribution in [3.05, 3.63) is 81.1 Å². The van der Waals surface area contributed by atoms with Crippen LogP contribution < -0.4 is 10.9 Å². The number of pyridine rings is 1. The second-order valence-electron chi connectivity index (χ2n) is 7.10. The summed E-state index contributed by atoms with van der Waals surface area (Å²) in [6.45, 7) is 3.17. The van der Waals surface area contributed by atoms with E-state index in [2.05, 4.69) is 22.4 Å². The van der Waals surface area contributed by atoms with Crippen LogP contribution in [0.5, 0.6) is 0 Å². The van der Waals surface area contributed by atoms with Crippen molar-refractivity contribution in [3.8, 4) is 0 Å². The molecule has 1 aliphatic rings. The number of anilines is 1. The van der Waals surface area contributed by atoms with Crippen molar-refractivity contribution in [2.75, 3.05) is 18.4 Å². The SMILES string of the molecule is CCCN1C(=O)C(=Cc2c(NCCc3ccccc3)nc3ccccn3c2=O)SC1=S. The third kappa shape index (κ3) is 4.55. The van der Waals surface area contributed by atoms with Crippen LogP contribution >= 0.6 is 24.0 Å². The summed E-state index contributed by atoms with van der Waals surface area (Å²) in [5.74, 6) is 0.303. The minimum Gasteiger partial charge on any atom is -0.369 e. The summed E-state index contributed by atoms with van der Waals surface area (Å²) in [7, 11) is 0. The zero-order valence-electron chi connectivity index (χ0n) is 17.1. The lowest BCUT2D eigenvalue weighted by atomic mass is 10.1. The molecule has 1 saturated heterocycles. The van der Waals surface area contributed by atoms with Gasteiger partial charge in [0, 0.05) is 19.3 Å². The number of hydrogen-bond acceptors (Lipinski definition) is 6. The fraction of sp³-hybridized carbons (Fsp3) is 0.217. The van der Waals surface area contributed by atoms with Crippen molar-refractivity contribution in [3.63, 3.8) is 0 Å². The Bertz CT molecular complexity index is 1220. The highest BCUT2D eigenvalue weighted by Crippen LogP contribution is 2.33. The van der Waals surface area contributed by atoms with Crippen molar-refractivity contribution in [2.24, 2.45) is 0 Å². The van der Waals surface area contributed by atoms with E-state index in [1.807, 2.05) is 31.2 Å². The van der Waals surface area contributed by atoms with E-state index in [0.29, 0.717) is 39.3 Å². The summed E-state index contributed by atoms with van der Waals surface area (Å²) >= 11 is 6.58. The maximum atomic E-state index is 13.2. The first-order valence-corrected chi connectivity index (χ1v) is 11.4. The Hall–Kier alpha value is -2.97. The molecule has 0 saturated carbocycles. The first kappa shape index (κ1) is 21.3. The topological polar surface area (TPSA) is 66.7 Å². The standard InChI is InChI=1S/C23H22N4O2S2/c1-2-13-27-22(29)18(31-23(27)30)15-17-20(24-12-11-16-8-4-3-5-9-16)25-19-10-6-7-14-26(19)21(17)28/h3-10,14-15,24H,2,11-13H2,1H3.